The lowest BCUT2D eigenvalue weighted by molar-refractivity contribution is 0.0567. The van der Waals surface area contributed by atoms with Crippen molar-refractivity contribution in [2.75, 3.05) is 0 Å². The molecule has 0 rings (SSSR count). The van der Waals surface area contributed by atoms with Crippen molar-refractivity contribution in [2.45, 2.75) is 46.6 Å². The Bertz CT molecular complexity index is 258. The normalized spacial score (nSPS) is 14.6. The van der Waals surface area contributed by atoms with Crippen LogP contribution in [0.5, 0.6) is 0 Å². The zero-order chi connectivity index (χ0) is 10.9. The third-order valence-corrected chi connectivity index (χ3v) is 1.95. The summed E-state index contributed by atoms with van der Waals surface area (Å²) >= 11 is 0. The molecule has 5 heteroatoms. The summed E-state index contributed by atoms with van der Waals surface area (Å²) in [6, 6.07) is 0. The van der Waals surface area contributed by atoms with Crippen LogP contribution in [0.4, 0.5) is 0 Å². The first-order valence-electron chi connectivity index (χ1n) is 4.09. The van der Waals surface area contributed by atoms with E-state index in [1.165, 1.54) is 0 Å². The first-order chi connectivity index (χ1) is 5.41. The van der Waals surface area contributed by atoms with Gasteiger partial charge in [-0.2, -0.15) is 8.42 Å². The van der Waals surface area contributed by atoms with Crippen molar-refractivity contribution < 1.29 is 17.2 Å². The van der Waals surface area contributed by atoms with Crippen LogP contribution in [0.25, 0.3) is 0 Å². The summed E-state index contributed by atoms with van der Waals surface area (Å²) < 4.78 is 34.0. The number of hydrogen-bond donors (Lipinski definition) is 1. The summed E-state index contributed by atoms with van der Waals surface area (Å²) in [7, 11) is -4.35. The molecule has 0 heterocycles. The van der Waals surface area contributed by atoms with Crippen LogP contribution in [-0.4, -0.2) is 18.6 Å². The molecule has 0 aliphatic carbocycles. The van der Waals surface area contributed by atoms with Crippen LogP contribution in [-0.2, 0) is 14.6 Å². The fourth-order valence-electron chi connectivity index (χ4n) is 1.59. The average Bonchev–Trinajstić information content (AvgIpc) is 1.43. The first-order valence-corrected chi connectivity index (χ1v) is 5.46. The monoisotopic (exact) mass is 210 g/mol. The lowest BCUT2D eigenvalue weighted by Gasteiger charge is -2.30. The second kappa shape index (κ2) is 3.55. The molecular formula is C8H18O4S. The van der Waals surface area contributed by atoms with E-state index in [4.69, 9.17) is 4.55 Å². The van der Waals surface area contributed by atoms with Crippen LogP contribution in [0.2, 0.25) is 0 Å². The van der Waals surface area contributed by atoms with E-state index in [0.717, 1.165) is 0 Å². The maximum atomic E-state index is 10.5. The maximum absolute atomic E-state index is 10.5. The van der Waals surface area contributed by atoms with Gasteiger partial charge in [-0.05, 0) is 25.7 Å². The van der Waals surface area contributed by atoms with Crippen molar-refractivity contribution in [1.29, 1.82) is 0 Å². The third kappa shape index (κ3) is 8.21. The average molecular weight is 210 g/mol. The highest BCUT2D eigenvalue weighted by Gasteiger charge is 2.30. The highest BCUT2D eigenvalue weighted by Crippen LogP contribution is 2.30. The third-order valence-electron chi connectivity index (χ3n) is 1.29. The van der Waals surface area contributed by atoms with E-state index in [1.54, 1.807) is 13.8 Å². The highest BCUT2D eigenvalue weighted by molar-refractivity contribution is 7.80. The molecule has 0 radical (unpaired) electrons. The van der Waals surface area contributed by atoms with Crippen molar-refractivity contribution in [2.24, 2.45) is 5.41 Å². The van der Waals surface area contributed by atoms with Crippen molar-refractivity contribution in [1.82, 2.24) is 0 Å². The van der Waals surface area contributed by atoms with Gasteiger partial charge in [0, 0.05) is 0 Å². The fourth-order valence-corrected chi connectivity index (χ4v) is 2.22. The summed E-state index contributed by atoms with van der Waals surface area (Å²) in [6.45, 7) is 9.18. The summed E-state index contributed by atoms with van der Waals surface area (Å²) in [4.78, 5) is 0. The number of hydrogen-bond acceptors (Lipinski definition) is 3. The van der Waals surface area contributed by atoms with Gasteiger partial charge in [0.2, 0.25) is 0 Å². The zero-order valence-corrected chi connectivity index (χ0v) is 9.60. The van der Waals surface area contributed by atoms with E-state index >= 15 is 0 Å². The van der Waals surface area contributed by atoms with E-state index in [0.29, 0.717) is 6.42 Å². The second-order valence-electron chi connectivity index (χ2n) is 5.01. The minimum absolute atomic E-state index is 0.0474. The summed E-state index contributed by atoms with van der Waals surface area (Å²) in [5, 5.41) is 0. The molecule has 0 amide bonds. The van der Waals surface area contributed by atoms with Gasteiger partial charge in [0.15, 0.2) is 0 Å². The van der Waals surface area contributed by atoms with Gasteiger partial charge in [0.25, 0.3) is 0 Å². The van der Waals surface area contributed by atoms with Gasteiger partial charge in [-0.3, -0.25) is 4.55 Å². The van der Waals surface area contributed by atoms with Gasteiger partial charge < -0.3 is 0 Å². The van der Waals surface area contributed by atoms with Crippen LogP contribution in [0, 0.1) is 5.41 Å². The smallest absolute Gasteiger partial charge is 0.264 e. The molecule has 0 aromatic carbocycles. The Morgan fingerprint density at radius 2 is 1.54 bits per heavy atom. The van der Waals surface area contributed by atoms with Crippen LogP contribution < -0.4 is 0 Å². The van der Waals surface area contributed by atoms with Crippen LogP contribution in [0.1, 0.15) is 41.0 Å². The molecule has 80 valence electrons. The maximum Gasteiger partial charge on any atom is 0.397 e. The molecule has 4 nitrogen and oxygen atoms in total. The largest absolute Gasteiger partial charge is 0.397 e. The minimum atomic E-state index is -4.35. The van der Waals surface area contributed by atoms with Gasteiger partial charge in [0.05, 0.1) is 5.60 Å². The molecule has 1 N–H and O–H groups in total. The second-order valence-corrected chi connectivity index (χ2v) is 6.03. The van der Waals surface area contributed by atoms with Gasteiger partial charge >= 0.3 is 10.4 Å². The van der Waals surface area contributed by atoms with Crippen LogP contribution in [0.3, 0.4) is 0 Å². The van der Waals surface area contributed by atoms with E-state index in [2.05, 4.69) is 4.18 Å². The van der Waals surface area contributed by atoms with Crippen molar-refractivity contribution in [3.63, 3.8) is 0 Å². The predicted octanol–water partition coefficient (Wildman–Crippen LogP) is 2.02. The standard InChI is InChI=1S/C8H18O4S/c1-7(2,3)6-8(4,5)12-13(9,10)11/h6H2,1-5H3,(H,9,10,11). The molecule has 0 aliphatic rings. The first kappa shape index (κ1) is 12.9. The molecule has 0 fully saturated rings. The Hall–Kier alpha value is -0.130. The van der Waals surface area contributed by atoms with Crippen LogP contribution in [0.15, 0.2) is 0 Å². The topological polar surface area (TPSA) is 63.6 Å². The summed E-state index contributed by atoms with van der Waals surface area (Å²) in [5.41, 5.74) is -0.917. The van der Waals surface area contributed by atoms with Crippen LogP contribution >= 0.6 is 0 Å². The quantitative estimate of drug-likeness (QED) is 0.724. The molecule has 0 spiro atoms. The lowest BCUT2D eigenvalue weighted by Crippen LogP contribution is -2.32. The van der Waals surface area contributed by atoms with Gasteiger partial charge in [-0.1, -0.05) is 20.8 Å². The Balaban J connectivity index is 4.43. The molecule has 0 aromatic heterocycles. The molecule has 0 saturated carbocycles. The zero-order valence-electron chi connectivity index (χ0n) is 8.79. The minimum Gasteiger partial charge on any atom is -0.264 e. The summed E-state index contributed by atoms with van der Waals surface area (Å²) in [5.74, 6) is 0. The van der Waals surface area contributed by atoms with Crippen molar-refractivity contribution in [3.05, 3.63) is 0 Å². The Labute approximate surface area is 80.2 Å². The van der Waals surface area contributed by atoms with E-state index in [9.17, 15) is 8.42 Å². The molecule has 0 aromatic rings. The van der Waals surface area contributed by atoms with Crippen molar-refractivity contribution in [3.8, 4) is 0 Å². The van der Waals surface area contributed by atoms with E-state index < -0.39 is 16.0 Å². The Morgan fingerprint density at radius 3 is 1.77 bits per heavy atom. The molecule has 0 aliphatic heterocycles. The molecule has 0 atom stereocenters. The Kier molecular flexibility index (Phi) is 3.52. The highest BCUT2D eigenvalue weighted by atomic mass is 32.3. The molecule has 0 saturated heterocycles. The SMILES string of the molecule is CC(C)(C)CC(C)(C)OS(=O)(=O)O. The van der Waals surface area contributed by atoms with Crippen molar-refractivity contribution >= 4 is 10.4 Å². The predicted molar refractivity (Wildman–Crippen MR) is 50.8 cm³/mol. The summed E-state index contributed by atoms with van der Waals surface area (Å²) in [6.07, 6.45) is 0.541. The Morgan fingerprint density at radius 1 is 1.15 bits per heavy atom. The number of rotatable bonds is 3. The molecule has 13 heavy (non-hydrogen) atoms. The van der Waals surface area contributed by atoms with E-state index in [-0.39, 0.29) is 5.41 Å². The van der Waals surface area contributed by atoms with E-state index in [1.807, 2.05) is 20.8 Å². The van der Waals surface area contributed by atoms with Gasteiger partial charge in [-0.15, -0.1) is 0 Å². The molecular weight excluding hydrogens is 192 g/mol. The van der Waals surface area contributed by atoms with Gasteiger partial charge in [-0.25, -0.2) is 4.18 Å². The fraction of sp³-hybridized carbons (Fsp3) is 1.00. The molecule has 0 unspecified atom stereocenters. The lowest BCUT2D eigenvalue weighted by atomic mass is 9.84. The van der Waals surface area contributed by atoms with Gasteiger partial charge in [0.1, 0.15) is 0 Å². The molecule has 0 bridgehead atoms.